The summed E-state index contributed by atoms with van der Waals surface area (Å²) in [6.07, 6.45) is 5.77. The van der Waals surface area contributed by atoms with E-state index < -0.39 is 0 Å². The summed E-state index contributed by atoms with van der Waals surface area (Å²) in [5.41, 5.74) is 2.09. The maximum absolute atomic E-state index is 12.6. The highest BCUT2D eigenvalue weighted by atomic mass is 16.5. The van der Waals surface area contributed by atoms with Crippen LogP contribution in [0.5, 0.6) is 0 Å². The highest BCUT2D eigenvalue weighted by Gasteiger charge is 2.35. The third kappa shape index (κ3) is 3.62. The molecule has 23 heavy (non-hydrogen) atoms. The van der Waals surface area contributed by atoms with Crippen LogP contribution in [-0.4, -0.2) is 30.2 Å². The van der Waals surface area contributed by atoms with Crippen molar-refractivity contribution in [3.05, 3.63) is 24.3 Å². The van der Waals surface area contributed by atoms with Crippen molar-refractivity contribution in [2.75, 3.05) is 16.8 Å². The SMILES string of the molecule is CC(C(=O)OC1CCCCC1)N1CC(C)(C)Nc2ccccc21. The summed E-state index contributed by atoms with van der Waals surface area (Å²) in [5.74, 6) is -0.0931. The van der Waals surface area contributed by atoms with Crippen molar-refractivity contribution in [1.29, 1.82) is 0 Å². The number of ether oxygens (including phenoxy) is 1. The summed E-state index contributed by atoms with van der Waals surface area (Å²) in [6, 6.07) is 7.92. The van der Waals surface area contributed by atoms with Crippen molar-refractivity contribution in [3.63, 3.8) is 0 Å². The molecule has 1 aromatic rings. The molecule has 1 aromatic carbocycles. The topological polar surface area (TPSA) is 41.6 Å². The third-order valence-electron chi connectivity index (χ3n) is 4.90. The highest BCUT2D eigenvalue weighted by Crippen LogP contribution is 2.35. The zero-order valence-electron chi connectivity index (χ0n) is 14.5. The summed E-state index contributed by atoms with van der Waals surface area (Å²) < 4.78 is 5.79. The van der Waals surface area contributed by atoms with Crippen LogP contribution in [0.2, 0.25) is 0 Å². The minimum Gasteiger partial charge on any atom is -0.461 e. The monoisotopic (exact) mass is 316 g/mol. The second-order valence-electron chi connectivity index (χ2n) is 7.53. The standard InChI is InChI=1S/C19H28N2O2/c1-14(18(22)23-15-9-5-4-6-10-15)21-13-19(2,3)20-16-11-7-8-12-17(16)21/h7-8,11-12,14-15,20H,4-6,9-10,13H2,1-3H3. The molecular formula is C19H28N2O2. The van der Waals surface area contributed by atoms with Crippen LogP contribution in [0, 0.1) is 0 Å². The molecule has 1 saturated carbocycles. The van der Waals surface area contributed by atoms with Gasteiger partial charge in [-0.3, -0.25) is 0 Å². The number of nitrogens with one attached hydrogen (secondary N) is 1. The molecule has 1 fully saturated rings. The van der Waals surface area contributed by atoms with Gasteiger partial charge in [0, 0.05) is 12.1 Å². The molecule has 126 valence electrons. The van der Waals surface area contributed by atoms with Crippen LogP contribution in [0.15, 0.2) is 24.3 Å². The van der Waals surface area contributed by atoms with Crippen LogP contribution in [0.25, 0.3) is 0 Å². The lowest BCUT2D eigenvalue weighted by molar-refractivity contribution is -0.151. The van der Waals surface area contributed by atoms with E-state index in [9.17, 15) is 4.79 Å². The molecule has 4 heteroatoms. The van der Waals surface area contributed by atoms with Crippen molar-refractivity contribution in [2.45, 2.75) is 70.6 Å². The number of fused-ring (bicyclic) bond motifs is 1. The van der Waals surface area contributed by atoms with Gasteiger partial charge in [0.2, 0.25) is 0 Å². The Morgan fingerprint density at radius 3 is 2.70 bits per heavy atom. The third-order valence-corrected chi connectivity index (χ3v) is 4.90. The van der Waals surface area contributed by atoms with E-state index in [1.807, 2.05) is 19.1 Å². The summed E-state index contributed by atoms with van der Waals surface area (Å²) in [6.45, 7) is 7.07. The molecule has 0 radical (unpaired) electrons. The zero-order valence-corrected chi connectivity index (χ0v) is 14.5. The number of nitrogens with zero attached hydrogens (tertiary/aromatic N) is 1. The van der Waals surface area contributed by atoms with Gasteiger partial charge in [-0.05, 0) is 58.6 Å². The average Bonchev–Trinajstić information content (AvgIpc) is 2.53. The van der Waals surface area contributed by atoms with Gasteiger partial charge < -0.3 is 15.0 Å². The van der Waals surface area contributed by atoms with Crippen LogP contribution in [0.3, 0.4) is 0 Å². The first kappa shape index (κ1) is 16.2. The molecule has 0 bridgehead atoms. The Kier molecular flexibility index (Phi) is 4.51. The van der Waals surface area contributed by atoms with E-state index in [4.69, 9.17) is 4.74 Å². The van der Waals surface area contributed by atoms with Gasteiger partial charge in [-0.2, -0.15) is 0 Å². The van der Waals surface area contributed by atoms with Gasteiger partial charge in [0.15, 0.2) is 0 Å². The Bertz CT molecular complexity index is 564. The highest BCUT2D eigenvalue weighted by molar-refractivity contribution is 5.84. The molecule has 3 rings (SSSR count). The summed E-state index contributed by atoms with van der Waals surface area (Å²) in [7, 11) is 0. The lowest BCUT2D eigenvalue weighted by atomic mass is 9.97. The smallest absolute Gasteiger partial charge is 0.328 e. The fraction of sp³-hybridized carbons (Fsp3) is 0.632. The zero-order chi connectivity index (χ0) is 16.4. The summed E-state index contributed by atoms with van der Waals surface area (Å²) >= 11 is 0. The first-order valence-electron chi connectivity index (χ1n) is 8.81. The number of rotatable bonds is 3. The number of benzene rings is 1. The molecule has 0 saturated heterocycles. The van der Waals surface area contributed by atoms with E-state index in [1.54, 1.807) is 0 Å². The second kappa shape index (κ2) is 6.42. The molecule has 0 amide bonds. The van der Waals surface area contributed by atoms with Crippen LogP contribution in [-0.2, 0) is 9.53 Å². The molecule has 1 aliphatic carbocycles. The number of carbonyl (C=O) groups is 1. The van der Waals surface area contributed by atoms with Crippen LogP contribution in [0.4, 0.5) is 11.4 Å². The van der Waals surface area contributed by atoms with Crippen molar-refractivity contribution < 1.29 is 9.53 Å². The maximum Gasteiger partial charge on any atom is 0.328 e. The minimum atomic E-state index is -0.264. The molecular weight excluding hydrogens is 288 g/mol. The van der Waals surface area contributed by atoms with Gasteiger partial charge in [-0.1, -0.05) is 18.6 Å². The molecule has 1 heterocycles. The van der Waals surface area contributed by atoms with Crippen LogP contribution < -0.4 is 10.2 Å². The van der Waals surface area contributed by atoms with Crippen molar-refractivity contribution in [1.82, 2.24) is 0 Å². The molecule has 1 N–H and O–H groups in total. The number of carbonyl (C=O) groups excluding carboxylic acids is 1. The van der Waals surface area contributed by atoms with Gasteiger partial charge in [-0.25, -0.2) is 4.79 Å². The minimum absolute atomic E-state index is 0.0757. The normalized spacial score (nSPS) is 22.0. The van der Waals surface area contributed by atoms with Gasteiger partial charge in [0.05, 0.1) is 11.4 Å². The summed E-state index contributed by atoms with van der Waals surface area (Å²) in [4.78, 5) is 14.8. The first-order chi connectivity index (χ1) is 11.0. The first-order valence-corrected chi connectivity index (χ1v) is 8.81. The lowest BCUT2D eigenvalue weighted by Crippen LogP contribution is -2.54. The van der Waals surface area contributed by atoms with Crippen molar-refractivity contribution in [3.8, 4) is 0 Å². The Labute approximate surface area is 139 Å². The summed E-state index contributed by atoms with van der Waals surface area (Å²) in [5, 5.41) is 3.55. The number of hydrogen-bond donors (Lipinski definition) is 1. The second-order valence-corrected chi connectivity index (χ2v) is 7.53. The molecule has 0 aromatic heterocycles. The van der Waals surface area contributed by atoms with Crippen molar-refractivity contribution in [2.24, 2.45) is 0 Å². The van der Waals surface area contributed by atoms with Gasteiger partial charge in [0.25, 0.3) is 0 Å². The molecule has 2 aliphatic rings. The molecule has 1 atom stereocenters. The van der Waals surface area contributed by atoms with Crippen molar-refractivity contribution >= 4 is 17.3 Å². The Hall–Kier alpha value is -1.71. The number of para-hydroxylation sites is 2. The predicted octanol–water partition coefficient (Wildman–Crippen LogP) is 3.96. The maximum atomic E-state index is 12.6. The van der Waals surface area contributed by atoms with Gasteiger partial charge in [-0.15, -0.1) is 0 Å². The average molecular weight is 316 g/mol. The lowest BCUT2D eigenvalue weighted by Gasteiger charge is -2.44. The van der Waals surface area contributed by atoms with E-state index >= 15 is 0 Å². The molecule has 1 unspecified atom stereocenters. The van der Waals surface area contributed by atoms with E-state index in [2.05, 4.69) is 36.2 Å². The number of hydrogen-bond acceptors (Lipinski definition) is 4. The van der Waals surface area contributed by atoms with Crippen LogP contribution in [0.1, 0.15) is 52.9 Å². The van der Waals surface area contributed by atoms with Crippen LogP contribution >= 0.6 is 0 Å². The quantitative estimate of drug-likeness (QED) is 0.857. The number of anilines is 2. The van der Waals surface area contributed by atoms with E-state index in [0.717, 1.165) is 30.8 Å². The molecule has 1 aliphatic heterocycles. The fourth-order valence-corrected chi connectivity index (χ4v) is 3.66. The van der Waals surface area contributed by atoms with E-state index in [1.165, 1.54) is 19.3 Å². The fourth-order valence-electron chi connectivity index (χ4n) is 3.66. The Morgan fingerprint density at radius 2 is 1.96 bits per heavy atom. The largest absolute Gasteiger partial charge is 0.461 e. The van der Waals surface area contributed by atoms with Gasteiger partial charge in [0.1, 0.15) is 12.1 Å². The molecule has 0 spiro atoms. The predicted molar refractivity (Wildman–Crippen MR) is 93.9 cm³/mol. The Morgan fingerprint density at radius 1 is 1.26 bits per heavy atom. The van der Waals surface area contributed by atoms with Gasteiger partial charge >= 0.3 is 5.97 Å². The number of esters is 1. The Balaban J connectivity index is 1.75. The van der Waals surface area contributed by atoms with E-state index in [0.29, 0.717) is 0 Å². The van der Waals surface area contributed by atoms with E-state index in [-0.39, 0.29) is 23.7 Å². The molecule has 4 nitrogen and oxygen atoms in total.